The van der Waals surface area contributed by atoms with Crippen molar-refractivity contribution in [3.63, 3.8) is 0 Å². The zero-order chi connectivity index (χ0) is 12.1. The Kier molecular flexibility index (Phi) is 5.74. The average molecular weight is 305 g/mol. The highest BCUT2D eigenvalue weighted by Gasteiger charge is 2.28. The van der Waals surface area contributed by atoms with Crippen LogP contribution in [0.15, 0.2) is 0 Å². The summed E-state index contributed by atoms with van der Waals surface area (Å²) in [7, 11) is 1.86. The highest BCUT2D eigenvalue weighted by Crippen LogP contribution is 2.25. The average Bonchev–Trinajstić information content (AvgIpc) is 2.40. The number of rotatable bonds is 4. The lowest BCUT2D eigenvalue weighted by Crippen LogP contribution is -2.52. The minimum atomic E-state index is 0.509. The highest BCUT2D eigenvalue weighted by atomic mass is 79.9. The molecular weight excluding hydrogens is 280 g/mol. The Morgan fingerprint density at radius 2 is 1.94 bits per heavy atom. The molecule has 0 radical (unpaired) electrons. The Balaban J connectivity index is 1.76. The van der Waals surface area contributed by atoms with Crippen LogP contribution in [0.1, 0.15) is 25.7 Å². The van der Waals surface area contributed by atoms with Crippen LogP contribution < -0.4 is 0 Å². The normalized spacial score (nSPS) is 32.8. The summed E-state index contributed by atoms with van der Waals surface area (Å²) in [5.41, 5.74) is 0. The van der Waals surface area contributed by atoms with E-state index in [1.54, 1.807) is 0 Å². The molecule has 2 aliphatic rings. The van der Waals surface area contributed by atoms with Crippen LogP contribution in [0.5, 0.6) is 0 Å². The SMILES string of the molecule is COC1CCCC(N2CCN(CCBr)CC2)C1. The summed E-state index contributed by atoms with van der Waals surface area (Å²) in [6.45, 7) is 6.15. The van der Waals surface area contributed by atoms with Crippen LogP contribution in [0, 0.1) is 0 Å². The third-order valence-corrected chi connectivity index (χ3v) is 4.61. The van der Waals surface area contributed by atoms with Crippen LogP contribution in [0.4, 0.5) is 0 Å². The van der Waals surface area contributed by atoms with Crippen molar-refractivity contribution in [2.75, 3.05) is 45.2 Å². The minimum Gasteiger partial charge on any atom is -0.381 e. The molecule has 0 spiro atoms. The zero-order valence-corrected chi connectivity index (χ0v) is 12.5. The first kappa shape index (κ1) is 13.8. The molecule has 1 aliphatic heterocycles. The second-order valence-corrected chi connectivity index (χ2v) is 6.04. The van der Waals surface area contributed by atoms with E-state index in [9.17, 15) is 0 Å². The highest BCUT2D eigenvalue weighted by molar-refractivity contribution is 9.09. The van der Waals surface area contributed by atoms with Crippen molar-refractivity contribution in [1.29, 1.82) is 0 Å². The maximum Gasteiger partial charge on any atom is 0.0586 e. The Hall–Kier alpha value is 0.360. The fourth-order valence-corrected chi connectivity index (χ4v) is 3.64. The number of hydrogen-bond donors (Lipinski definition) is 0. The van der Waals surface area contributed by atoms with Crippen molar-refractivity contribution >= 4 is 15.9 Å². The van der Waals surface area contributed by atoms with E-state index in [0.29, 0.717) is 6.10 Å². The number of ether oxygens (including phenoxy) is 1. The first-order valence-corrected chi connectivity index (χ1v) is 8.01. The third-order valence-electron chi connectivity index (χ3n) is 4.26. The van der Waals surface area contributed by atoms with Crippen LogP contribution in [0.2, 0.25) is 0 Å². The first-order chi connectivity index (χ1) is 8.33. The molecule has 17 heavy (non-hydrogen) atoms. The summed E-state index contributed by atoms with van der Waals surface area (Å²) in [5, 5.41) is 1.10. The fourth-order valence-electron chi connectivity index (χ4n) is 3.14. The van der Waals surface area contributed by atoms with E-state index in [1.807, 2.05) is 7.11 Å². The second kappa shape index (κ2) is 7.07. The molecule has 0 aromatic rings. The molecule has 2 unspecified atom stereocenters. The van der Waals surface area contributed by atoms with Gasteiger partial charge in [-0.2, -0.15) is 0 Å². The first-order valence-electron chi connectivity index (χ1n) is 6.88. The van der Waals surface area contributed by atoms with Gasteiger partial charge in [0, 0.05) is 51.2 Å². The van der Waals surface area contributed by atoms with E-state index in [1.165, 1.54) is 58.4 Å². The molecule has 0 aromatic heterocycles. The number of halogens is 1. The fraction of sp³-hybridized carbons (Fsp3) is 1.00. The van der Waals surface area contributed by atoms with Gasteiger partial charge in [0.1, 0.15) is 0 Å². The van der Waals surface area contributed by atoms with Crippen LogP contribution >= 0.6 is 15.9 Å². The van der Waals surface area contributed by atoms with Gasteiger partial charge in [0.2, 0.25) is 0 Å². The molecular formula is C13H25BrN2O. The molecule has 0 amide bonds. The van der Waals surface area contributed by atoms with Crippen molar-refractivity contribution < 1.29 is 4.74 Å². The molecule has 2 rings (SSSR count). The number of hydrogen-bond acceptors (Lipinski definition) is 3. The van der Waals surface area contributed by atoms with Crippen LogP contribution in [-0.2, 0) is 4.74 Å². The predicted octanol–water partition coefficient (Wildman–Crippen LogP) is 1.96. The molecule has 4 heteroatoms. The summed E-state index contributed by atoms with van der Waals surface area (Å²) < 4.78 is 5.53. The van der Waals surface area contributed by atoms with Crippen molar-refractivity contribution in [2.45, 2.75) is 37.8 Å². The standard InChI is InChI=1S/C13H25BrN2O/c1-17-13-4-2-3-12(11-13)16-9-7-15(6-5-14)8-10-16/h12-13H,2-11H2,1H3. The second-order valence-electron chi connectivity index (χ2n) is 5.24. The lowest BCUT2D eigenvalue weighted by molar-refractivity contribution is 0.0125. The van der Waals surface area contributed by atoms with Crippen molar-refractivity contribution in [2.24, 2.45) is 0 Å². The van der Waals surface area contributed by atoms with Crippen molar-refractivity contribution in [1.82, 2.24) is 9.80 Å². The van der Waals surface area contributed by atoms with E-state index < -0.39 is 0 Å². The third kappa shape index (κ3) is 3.91. The van der Waals surface area contributed by atoms with Crippen LogP contribution in [0.3, 0.4) is 0 Å². The molecule has 2 atom stereocenters. The van der Waals surface area contributed by atoms with Gasteiger partial charge in [0.25, 0.3) is 0 Å². The molecule has 100 valence electrons. The molecule has 0 aromatic carbocycles. The predicted molar refractivity (Wildman–Crippen MR) is 74.9 cm³/mol. The summed E-state index contributed by atoms with van der Waals surface area (Å²) in [6.07, 6.45) is 5.73. The van der Waals surface area contributed by atoms with Gasteiger partial charge >= 0.3 is 0 Å². The Morgan fingerprint density at radius 3 is 2.59 bits per heavy atom. The number of methoxy groups -OCH3 is 1. The Morgan fingerprint density at radius 1 is 1.18 bits per heavy atom. The molecule has 2 fully saturated rings. The maximum absolute atomic E-state index is 5.53. The molecule has 3 nitrogen and oxygen atoms in total. The van der Waals surface area contributed by atoms with Gasteiger partial charge in [0.05, 0.1) is 6.10 Å². The minimum absolute atomic E-state index is 0.509. The number of piperazine rings is 1. The summed E-state index contributed by atoms with van der Waals surface area (Å²) in [4.78, 5) is 5.25. The molecule has 0 bridgehead atoms. The Bertz CT molecular complexity index is 219. The largest absolute Gasteiger partial charge is 0.381 e. The lowest BCUT2D eigenvalue weighted by Gasteiger charge is -2.42. The Labute approximate surface area is 114 Å². The maximum atomic E-state index is 5.53. The molecule has 1 saturated carbocycles. The monoisotopic (exact) mass is 304 g/mol. The molecule has 1 saturated heterocycles. The summed E-state index contributed by atoms with van der Waals surface area (Å²) >= 11 is 3.52. The van der Waals surface area contributed by atoms with E-state index in [-0.39, 0.29) is 0 Å². The quantitative estimate of drug-likeness (QED) is 0.739. The van der Waals surface area contributed by atoms with Crippen molar-refractivity contribution in [3.05, 3.63) is 0 Å². The molecule has 1 aliphatic carbocycles. The van der Waals surface area contributed by atoms with E-state index >= 15 is 0 Å². The van der Waals surface area contributed by atoms with Gasteiger partial charge in [-0.25, -0.2) is 0 Å². The van der Waals surface area contributed by atoms with Crippen LogP contribution in [0.25, 0.3) is 0 Å². The van der Waals surface area contributed by atoms with Gasteiger partial charge in [-0.1, -0.05) is 15.9 Å². The van der Waals surface area contributed by atoms with Crippen LogP contribution in [-0.4, -0.2) is 67.1 Å². The van der Waals surface area contributed by atoms with E-state index in [0.717, 1.165) is 11.4 Å². The molecule has 0 N–H and O–H groups in total. The molecule has 1 heterocycles. The summed E-state index contributed by atoms with van der Waals surface area (Å²) in [5.74, 6) is 0. The lowest BCUT2D eigenvalue weighted by atomic mass is 9.91. The van der Waals surface area contributed by atoms with E-state index in [4.69, 9.17) is 4.74 Å². The van der Waals surface area contributed by atoms with E-state index in [2.05, 4.69) is 25.7 Å². The topological polar surface area (TPSA) is 15.7 Å². The summed E-state index contributed by atoms with van der Waals surface area (Å²) in [6, 6.07) is 0.778. The van der Waals surface area contributed by atoms with Crippen molar-refractivity contribution in [3.8, 4) is 0 Å². The van der Waals surface area contributed by atoms with Gasteiger partial charge in [-0.15, -0.1) is 0 Å². The number of nitrogens with zero attached hydrogens (tertiary/aromatic N) is 2. The number of alkyl halides is 1. The van der Waals surface area contributed by atoms with Gasteiger partial charge in [0.15, 0.2) is 0 Å². The smallest absolute Gasteiger partial charge is 0.0586 e. The van der Waals surface area contributed by atoms with Gasteiger partial charge < -0.3 is 4.74 Å². The zero-order valence-electron chi connectivity index (χ0n) is 10.9. The van der Waals surface area contributed by atoms with Gasteiger partial charge in [-0.3, -0.25) is 9.80 Å². The van der Waals surface area contributed by atoms with Gasteiger partial charge in [-0.05, 0) is 25.7 Å².